The van der Waals surface area contributed by atoms with E-state index in [-0.39, 0.29) is 5.91 Å². The summed E-state index contributed by atoms with van der Waals surface area (Å²) in [6.07, 6.45) is 1.96. The maximum absolute atomic E-state index is 13.1. The van der Waals surface area contributed by atoms with Gasteiger partial charge in [0.25, 0.3) is 5.91 Å². The van der Waals surface area contributed by atoms with Crippen LogP contribution < -0.4 is 9.80 Å². The maximum Gasteiger partial charge on any atom is 0.270 e. The van der Waals surface area contributed by atoms with Crippen LogP contribution in [-0.2, 0) is 4.79 Å². The molecule has 164 valence electrons. The van der Waals surface area contributed by atoms with Crippen LogP contribution in [-0.4, -0.2) is 27.9 Å². The van der Waals surface area contributed by atoms with Crippen molar-refractivity contribution in [1.29, 1.82) is 0 Å². The average molecular weight is 462 g/mol. The highest BCUT2D eigenvalue weighted by atomic mass is 32.2. The SMILES string of the molecule is CCN(CC)c1ccc(-n2c(C)cc(/C=C3/SC(=S)N(c4ccccc4)C3=O)c2C)cc1. The van der Waals surface area contributed by atoms with Gasteiger partial charge in [0.2, 0.25) is 0 Å². The van der Waals surface area contributed by atoms with Crippen molar-refractivity contribution in [3.8, 4) is 5.69 Å². The van der Waals surface area contributed by atoms with Gasteiger partial charge in [-0.1, -0.05) is 42.2 Å². The molecule has 1 saturated heterocycles. The number of para-hydroxylation sites is 1. The molecule has 2 aromatic carbocycles. The summed E-state index contributed by atoms with van der Waals surface area (Å²) in [5.41, 5.74) is 6.41. The Hall–Kier alpha value is -2.83. The van der Waals surface area contributed by atoms with E-state index in [1.54, 1.807) is 4.90 Å². The molecule has 4 nitrogen and oxygen atoms in total. The lowest BCUT2D eigenvalue weighted by Gasteiger charge is -2.21. The van der Waals surface area contributed by atoms with Crippen LogP contribution in [0.5, 0.6) is 0 Å². The number of thiocarbonyl (C=S) groups is 1. The zero-order valence-corrected chi connectivity index (χ0v) is 20.5. The molecule has 32 heavy (non-hydrogen) atoms. The molecular weight excluding hydrogens is 434 g/mol. The molecule has 0 spiro atoms. The van der Waals surface area contributed by atoms with Crippen molar-refractivity contribution in [3.05, 3.63) is 82.5 Å². The molecule has 1 amide bonds. The summed E-state index contributed by atoms with van der Waals surface area (Å²) in [6, 6.07) is 20.4. The Morgan fingerprint density at radius 1 is 0.969 bits per heavy atom. The number of carbonyl (C=O) groups is 1. The predicted octanol–water partition coefficient (Wildman–Crippen LogP) is 6.35. The number of hydrogen-bond acceptors (Lipinski definition) is 4. The highest BCUT2D eigenvalue weighted by molar-refractivity contribution is 8.27. The molecule has 4 rings (SSSR count). The zero-order chi connectivity index (χ0) is 22.8. The van der Waals surface area contributed by atoms with E-state index in [0.717, 1.165) is 41.4 Å². The number of carbonyl (C=O) groups excluding carboxylic acids is 1. The monoisotopic (exact) mass is 461 g/mol. The Morgan fingerprint density at radius 2 is 1.62 bits per heavy atom. The van der Waals surface area contributed by atoms with Gasteiger partial charge < -0.3 is 9.47 Å². The largest absolute Gasteiger partial charge is 0.372 e. The summed E-state index contributed by atoms with van der Waals surface area (Å²) in [5.74, 6) is -0.0698. The van der Waals surface area contributed by atoms with E-state index < -0.39 is 0 Å². The fourth-order valence-corrected chi connectivity index (χ4v) is 5.43. The van der Waals surface area contributed by atoms with Crippen LogP contribution in [0.25, 0.3) is 11.8 Å². The number of hydrogen-bond donors (Lipinski definition) is 0. The molecule has 1 aromatic heterocycles. The molecule has 1 aliphatic heterocycles. The standard InChI is InChI=1S/C26H27N3OS2/c1-5-27(6-2)21-12-14-23(15-13-21)28-18(3)16-20(19(28)4)17-24-25(30)29(26(31)32-24)22-10-8-7-9-11-22/h7-17H,5-6H2,1-4H3/b24-17+. The number of rotatable bonds is 6. The van der Waals surface area contributed by atoms with E-state index in [1.807, 2.05) is 36.4 Å². The number of anilines is 2. The normalized spacial score (nSPS) is 15.1. The van der Waals surface area contributed by atoms with Crippen molar-refractivity contribution in [2.75, 3.05) is 22.9 Å². The lowest BCUT2D eigenvalue weighted by Crippen LogP contribution is -2.27. The minimum absolute atomic E-state index is 0.0698. The molecule has 1 fully saturated rings. The van der Waals surface area contributed by atoms with Gasteiger partial charge in [0.15, 0.2) is 4.32 Å². The smallest absolute Gasteiger partial charge is 0.270 e. The van der Waals surface area contributed by atoms with Crippen LogP contribution in [0.1, 0.15) is 30.8 Å². The third-order valence-electron chi connectivity index (χ3n) is 5.80. The van der Waals surface area contributed by atoms with Crippen LogP contribution in [0.4, 0.5) is 11.4 Å². The van der Waals surface area contributed by atoms with Crippen molar-refractivity contribution < 1.29 is 4.79 Å². The maximum atomic E-state index is 13.1. The predicted molar refractivity (Wildman–Crippen MR) is 141 cm³/mol. The number of aromatic nitrogens is 1. The summed E-state index contributed by atoms with van der Waals surface area (Å²) in [7, 11) is 0. The van der Waals surface area contributed by atoms with Gasteiger partial charge in [-0.2, -0.15) is 0 Å². The van der Waals surface area contributed by atoms with E-state index in [2.05, 4.69) is 67.5 Å². The van der Waals surface area contributed by atoms with Gasteiger partial charge in [-0.25, -0.2) is 0 Å². The summed E-state index contributed by atoms with van der Waals surface area (Å²) in [5, 5.41) is 0. The molecular formula is C26H27N3OS2. The van der Waals surface area contributed by atoms with Gasteiger partial charge in [-0.3, -0.25) is 9.69 Å². The van der Waals surface area contributed by atoms with E-state index in [0.29, 0.717) is 9.23 Å². The fourth-order valence-electron chi connectivity index (χ4n) is 4.14. The quantitative estimate of drug-likeness (QED) is 0.316. The number of aryl methyl sites for hydroxylation is 1. The molecule has 0 N–H and O–H groups in total. The van der Waals surface area contributed by atoms with E-state index in [1.165, 1.54) is 17.4 Å². The number of amides is 1. The molecule has 0 aliphatic carbocycles. The summed E-state index contributed by atoms with van der Waals surface area (Å²) >= 11 is 6.86. The average Bonchev–Trinajstić information content (AvgIpc) is 3.24. The molecule has 6 heteroatoms. The molecule has 0 bridgehead atoms. The number of thioether (sulfide) groups is 1. The van der Waals surface area contributed by atoms with Gasteiger partial charge >= 0.3 is 0 Å². The first kappa shape index (κ1) is 22.4. The minimum atomic E-state index is -0.0698. The second kappa shape index (κ2) is 9.35. The van der Waals surface area contributed by atoms with Gasteiger partial charge in [0.05, 0.1) is 10.6 Å². The highest BCUT2D eigenvalue weighted by Crippen LogP contribution is 2.37. The lowest BCUT2D eigenvalue weighted by atomic mass is 10.2. The molecule has 2 heterocycles. The van der Waals surface area contributed by atoms with Gasteiger partial charge in [-0.15, -0.1) is 0 Å². The Labute approximate surface area is 199 Å². The first-order valence-electron chi connectivity index (χ1n) is 10.8. The lowest BCUT2D eigenvalue weighted by molar-refractivity contribution is -0.113. The first-order chi connectivity index (χ1) is 15.4. The Morgan fingerprint density at radius 3 is 2.25 bits per heavy atom. The third kappa shape index (κ3) is 4.12. The number of nitrogens with zero attached hydrogens (tertiary/aromatic N) is 3. The first-order valence-corrected chi connectivity index (χ1v) is 12.0. The van der Waals surface area contributed by atoms with Crippen LogP contribution in [0.3, 0.4) is 0 Å². The zero-order valence-electron chi connectivity index (χ0n) is 18.8. The molecule has 0 unspecified atom stereocenters. The van der Waals surface area contributed by atoms with Gasteiger partial charge in [-0.05, 0) is 81.8 Å². The van der Waals surface area contributed by atoms with Crippen molar-refractivity contribution in [1.82, 2.24) is 4.57 Å². The Balaban J connectivity index is 1.64. The molecule has 3 aromatic rings. The van der Waals surface area contributed by atoms with Crippen LogP contribution in [0, 0.1) is 13.8 Å². The Kier molecular flexibility index (Phi) is 6.53. The third-order valence-corrected chi connectivity index (χ3v) is 7.10. The molecule has 0 radical (unpaired) electrons. The van der Waals surface area contributed by atoms with E-state index in [4.69, 9.17) is 12.2 Å². The fraction of sp³-hybridized carbons (Fsp3) is 0.231. The van der Waals surface area contributed by atoms with Crippen molar-refractivity contribution in [2.45, 2.75) is 27.7 Å². The van der Waals surface area contributed by atoms with Crippen molar-refractivity contribution >= 4 is 51.7 Å². The van der Waals surface area contributed by atoms with Crippen molar-refractivity contribution in [3.63, 3.8) is 0 Å². The van der Waals surface area contributed by atoms with Crippen LogP contribution >= 0.6 is 24.0 Å². The molecule has 1 aliphatic rings. The highest BCUT2D eigenvalue weighted by Gasteiger charge is 2.33. The van der Waals surface area contributed by atoms with Crippen LogP contribution in [0.2, 0.25) is 0 Å². The summed E-state index contributed by atoms with van der Waals surface area (Å²) in [6.45, 7) is 10.5. The molecule has 0 saturated carbocycles. The summed E-state index contributed by atoms with van der Waals surface area (Å²) < 4.78 is 2.80. The van der Waals surface area contributed by atoms with Gasteiger partial charge in [0, 0.05) is 35.9 Å². The van der Waals surface area contributed by atoms with Crippen molar-refractivity contribution in [2.24, 2.45) is 0 Å². The Bertz CT molecular complexity index is 1180. The van der Waals surface area contributed by atoms with Gasteiger partial charge in [0.1, 0.15) is 0 Å². The number of benzene rings is 2. The van der Waals surface area contributed by atoms with E-state index in [9.17, 15) is 4.79 Å². The summed E-state index contributed by atoms with van der Waals surface area (Å²) in [4.78, 5) is 17.7. The van der Waals surface area contributed by atoms with E-state index >= 15 is 0 Å². The topological polar surface area (TPSA) is 28.5 Å². The minimum Gasteiger partial charge on any atom is -0.372 e. The molecule has 0 atom stereocenters. The van der Waals surface area contributed by atoms with Crippen LogP contribution in [0.15, 0.2) is 65.6 Å². The second-order valence-electron chi connectivity index (χ2n) is 7.70. The second-order valence-corrected chi connectivity index (χ2v) is 9.38.